The molecule has 1 amide bonds. The summed E-state index contributed by atoms with van der Waals surface area (Å²) >= 11 is 0. The predicted molar refractivity (Wildman–Crippen MR) is 62.6 cm³/mol. The summed E-state index contributed by atoms with van der Waals surface area (Å²) in [7, 11) is 0. The van der Waals surface area contributed by atoms with Gasteiger partial charge in [0.15, 0.2) is 0 Å². The molecule has 2 rings (SSSR count). The zero-order chi connectivity index (χ0) is 14.0. The Morgan fingerprint density at radius 1 is 1.47 bits per heavy atom. The Balaban J connectivity index is 1.84. The molecule has 1 N–H and O–H groups in total. The van der Waals surface area contributed by atoms with E-state index in [1.165, 1.54) is 0 Å². The molecule has 0 aromatic rings. The lowest BCUT2D eigenvalue weighted by atomic mass is 10.1. The van der Waals surface area contributed by atoms with Crippen molar-refractivity contribution >= 4 is 5.91 Å². The highest BCUT2D eigenvalue weighted by molar-refractivity contribution is 5.84. The van der Waals surface area contributed by atoms with Crippen LogP contribution in [0.25, 0.3) is 0 Å². The molecule has 2 aliphatic rings. The first-order chi connectivity index (χ1) is 8.87. The number of rotatable bonds is 4. The molecule has 2 heterocycles. The van der Waals surface area contributed by atoms with Crippen molar-refractivity contribution in [2.24, 2.45) is 0 Å². The number of nitrogens with one attached hydrogen (secondary N) is 1. The number of amides is 1. The van der Waals surface area contributed by atoms with Crippen LogP contribution < -0.4 is 5.32 Å². The summed E-state index contributed by atoms with van der Waals surface area (Å²) in [5.41, 5.74) is 0. The summed E-state index contributed by atoms with van der Waals surface area (Å²) in [4.78, 5) is 12.7. The van der Waals surface area contributed by atoms with E-state index < -0.39 is 24.7 Å². The van der Waals surface area contributed by atoms with Crippen molar-refractivity contribution in [3.8, 4) is 0 Å². The van der Waals surface area contributed by atoms with Crippen molar-refractivity contribution in [3.05, 3.63) is 0 Å². The van der Waals surface area contributed by atoms with Crippen molar-refractivity contribution in [2.45, 2.75) is 50.6 Å². The van der Waals surface area contributed by atoms with Gasteiger partial charge < -0.3 is 15.0 Å². The molecule has 7 heteroatoms. The second kappa shape index (κ2) is 5.66. The summed E-state index contributed by atoms with van der Waals surface area (Å²) < 4.78 is 42.3. The third-order valence-electron chi connectivity index (χ3n) is 3.65. The van der Waals surface area contributed by atoms with E-state index in [4.69, 9.17) is 4.74 Å². The van der Waals surface area contributed by atoms with Gasteiger partial charge in [0.1, 0.15) is 6.54 Å². The van der Waals surface area contributed by atoms with E-state index >= 15 is 0 Å². The van der Waals surface area contributed by atoms with Crippen LogP contribution in [0.2, 0.25) is 0 Å². The third-order valence-corrected chi connectivity index (χ3v) is 3.65. The zero-order valence-corrected chi connectivity index (χ0v) is 10.9. The normalized spacial score (nSPS) is 30.1. The molecule has 2 fully saturated rings. The molecule has 110 valence electrons. The summed E-state index contributed by atoms with van der Waals surface area (Å²) in [6.07, 6.45) is -1.92. The van der Waals surface area contributed by atoms with Crippen LogP contribution >= 0.6 is 0 Å². The largest absolute Gasteiger partial charge is 0.406 e. The number of halogens is 3. The fourth-order valence-electron chi connectivity index (χ4n) is 2.69. The van der Waals surface area contributed by atoms with Crippen LogP contribution in [0.15, 0.2) is 0 Å². The highest BCUT2D eigenvalue weighted by Crippen LogP contribution is 2.22. The van der Waals surface area contributed by atoms with Crippen LogP contribution in [0.4, 0.5) is 13.2 Å². The Kier molecular flexibility index (Phi) is 4.35. The molecule has 2 aliphatic heterocycles. The summed E-state index contributed by atoms with van der Waals surface area (Å²) in [5, 5.41) is 3.10. The predicted octanol–water partition coefficient (Wildman–Crippen LogP) is 1.31. The standard InChI is InChI=1S/C12H19F3N2O2/c1-8(10-3-2-6-19-10)16-9-4-5-17(11(9)18)7-12(13,14)15/h8-10,16H,2-7H2,1H3. The molecule has 2 saturated heterocycles. The van der Waals surface area contributed by atoms with Gasteiger partial charge in [0.2, 0.25) is 5.91 Å². The Bertz CT molecular complexity index is 329. The second-order valence-electron chi connectivity index (χ2n) is 5.22. The van der Waals surface area contributed by atoms with Gasteiger partial charge in [0.25, 0.3) is 0 Å². The Morgan fingerprint density at radius 2 is 2.21 bits per heavy atom. The molecule has 0 saturated carbocycles. The van der Waals surface area contributed by atoms with Gasteiger partial charge >= 0.3 is 6.18 Å². The van der Waals surface area contributed by atoms with Crippen molar-refractivity contribution in [1.29, 1.82) is 0 Å². The van der Waals surface area contributed by atoms with Crippen molar-refractivity contribution in [3.63, 3.8) is 0 Å². The lowest BCUT2D eigenvalue weighted by Gasteiger charge is -2.24. The first-order valence-corrected chi connectivity index (χ1v) is 6.60. The minimum absolute atomic E-state index is 0.0118. The number of alkyl halides is 3. The van der Waals surface area contributed by atoms with E-state index in [2.05, 4.69) is 5.32 Å². The summed E-state index contributed by atoms with van der Waals surface area (Å²) in [5.74, 6) is -0.456. The highest BCUT2D eigenvalue weighted by atomic mass is 19.4. The quantitative estimate of drug-likeness (QED) is 0.844. The van der Waals surface area contributed by atoms with E-state index in [1.807, 2.05) is 6.92 Å². The fourth-order valence-corrected chi connectivity index (χ4v) is 2.69. The van der Waals surface area contributed by atoms with E-state index in [0.29, 0.717) is 6.42 Å². The monoisotopic (exact) mass is 280 g/mol. The lowest BCUT2D eigenvalue weighted by molar-refractivity contribution is -0.158. The molecule has 0 aromatic carbocycles. The van der Waals surface area contributed by atoms with Gasteiger partial charge in [0, 0.05) is 19.2 Å². The van der Waals surface area contributed by atoms with Gasteiger partial charge in [-0.1, -0.05) is 0 Å². The van der Waals surface area contributed by atoms with Crippen molar-refractivity contribution in [1.82, 2.24) is 10.2 Å². The molecule has 3 atom stereocenters. The number of hydrogen-bond acceptors (Lipinski definition) is 3. The Hall–Kier alpha value is -0.820. The Labute approximate surface area is 110 Å². The van der Waals surface area contributed by atoms with Crippen LogP contribution in [0, 0.1) is 0 Å². The van der Waals surface area contributed by atoms with Gasteiger partial charge in [-0.2, -0.15) is 13.2 Å². The molecule has 4 nitrogen and oxygen atoms in total. The number of ether oxygens (including phenoxy) is 1. The molecule has 3 unspecified atom stereocenters. The van der Waals surface area contributed by atoms with Gasteiger partial charge in [0.05, 0.1) is 12.1 Å². The van der Waals surface area contributed by atoms with Crippen LogP contribution in [0.3, 0.4) is 0 Å². The molecule has 0 aromatic heterocycles. The number of hydrogen-bond donors (Lipinski definition) is 1. The van der Waals surface area contributed by atoms with Gasteiger partial charge in [-0.15, -0.1) is 0 Å². The SMILES string of the molecule is CC(NC1CCN(CC(F)(F)F)C1=O)C1CCCO1. The first kappa shape index (κ1) is 14.6. The maximum absolute atomic E-state index is 12.3. The molecule has 19 heavy (non-hydrogen) atoms. The van der Waals surface area contributed by atoms with Gasteiger partial charge in [-0.25, -0.2) is 0 Å². The number of likely N-dealkylation sites (tertiary alicyclic amines) is 1. The van der Waals surface area contributed by atoms with Crippen LogP contribution in [-0.4, -0.2) is 54.9 Å². The summed E-state index contributed by atoms with van der Waals surface area (Å²) in [6, 6.07) is -0.524. The number of nitrogens with zero attached hydrogens (tertiary/aromatic N) is 1. The topological polar surface area (TPSA) is 41.6 Å². The van der Waals surface area contributed by atoms with Gasteiger partial charge in [-0.05, 0) is 26.2 Å². The number of carbonyl (C=O) groups is 1. The summed E-state index contributed by atoms with van der Waals surface area (Å²) in [6.45, 7) is 1.64. The number of carbonyl (C=O) groups excluding carboxylic acids is 1. The fraction of sp³-hybridized carbons (Fsp3) is 0.917. The smallest absolute Gasteiger partial charge is 0.377 e. The maximum atomic E-state index is 12.3. The van der Waals surface area contributed by atoms with Crippen molar-refractivity contribution in [2.75, 3.05) is 19.7 Å². The molecule has 0 radical (unpaired) electrons. The molecule has 0 aliphatic carbocycles. The highest BCUT2D eigenvalue weighted by Gasteiger charge is 2.40. The van der Waals surface area contributed by atoms with E-state index in [0.717, 1.165) is 24.3 Å². The molecular weight excluding hydrogens is 261 g/mol. The van der Waals surface area contributed by atoms with Crippen LogP contribution in [0.5, 0.6) is 0 Å². The average molecular weight is 280 g/mol. The first-order valence-electron chi connectivity index (χ1n) is 6.60. The maximum Gasteiger partial charge on any atom is 0.406 e. The minimum atomic E-state index is -4.33. The van der Waals surface area contributed by atoms with E-state index in [1.54, 1.807) is 0 Å². The third kappa shape index (κ3) is 3.82. The average Bonchev–Trinajstić information content (AvgIpc) is 2.92. The minimum Gasteiger partial charge on any atom is -0.377 e. The molecule has 0 spiro atoms. The zero-order valence-electron chi connectivity index (χ0n) is 10.9. The van der Waals surface area contributed by atoms with Crippen molar-refractivity contribution < 1.29 is 22.7 Å². The Morgan fingerprint density at radius 3 is 2.79 bits per heavy atom. The van der Waals surface area contributed by atoms with Gasteiger partial charge in [-0.3, -0.25) is 4.79 Å². The van der Waals surface area contributed by atoms with E-state index in [-0.39, 0.29) is 18.7 Å². The molecular formula is C12H19F3N2O2. The van der Waals surface area contributed by atoms with Crippen LogP contribution in [-0.2, 0) is 9.53 Å². The lowest BCUT2D eigenvalue weighted by Crippen LogP contribution is -2.48. The molecule has 0 bridgehead atoms. The van der Waals surface area contributed by atoms with Crippen LogP contribution in [0.1, 0.15) is 26.2 Å². The van der Waals surface area contributed by atoms with E-state index in [9.17, 15) is 18.0 Å². The second-order valence-corrected chi connectivity index (χ2v) is 5.22.